The molecular weight excluding hydrogens is 478 g/mol. The third-order valence-electron chi connectivity index (χ3n) is 6.82. The molecule has 9 nitrogen and oxygen atoms in total. The van der Waals surface area contributed by atoms with E-state index in [1.807, 2.05) is 31.2 Å². The number of thiophene rings is 1. The maximum absolute atomic E-state index is 12.7. The van der Waals surface area contributed by atoms with E-state index in [4.69, 9.17) is 9.47 Å². The normalized spacial score (nSPS) is 18.9. The number of hydrogen-bond acceptors (Lipinski definition) is 8. The van der Waals surface area contributed by atoms with E-state index < -0.39 is 11.8 Å². The topological polar surface area (TPSA) is 86.4 Å². The summed E-state index contributed by atoms with van der Waals surface area (Å²) in [4.78, 5) is 33.3. The SMILES string of the molecule is COc1ccccc1N1CCN([C@@H](c2cccs2)[C@H](C)NC(=O)C(=O)NCCN2CCOCC2)CC1. The van der Waals surface area contributed by atoms with Crippen LogP contribution in [0.1, 0.15) is 17.8 Å². The molecule has 2 aliphatic heterocycles. The fourth-order valence-electron chi connectivity index (χ4n) is 4.92. The molecule has 2 aromatic rings. The Balaban J connectivity index is 1.32. The Labute approximate surface area is 217 Å². The van der Waals surface area contributed by atoms with Crippen molar-refractivity contribution in [2.45, 2.75) is 19.0 Å². The number of hydrogen-bond donors (Lipinski definition) is 2. The Kier molecular flexibility index (Phi) is 9.57. The van der Waals surface area contributed by atoms with Gasteiger partial charge in [-0.2, -0.15) is 0 Å². The summed E-state index contributed by atoms with van der Waals surface area (Å²) >= 11 is 1.68. The van der Waals surface area contributed by atoms with Crippen molar-refractivity contribution in [1.82, 2.24) is 20.4 Å². The summed E-state index contributed by atoms with van der Waals surface area (Å²) in [6, 6.07) is 12.0. The van der Waals surface area contributed by atoms with E-state index in [-0.39, 0.29) is 12.1 Å². The molecule has 36 heavy (non-hydrogen) atoms. The molecule has 0 bridgehead atoms. The summed E-state index contributed by atoms with van der Waals surface area (Å²) in [6.07, 6.45) is 0. The molecule has 196 valence electrons. The van der Waals surface area contributed by atoms with E-state index in [1.54, 1.807) is 18.4 Å². The first kappa shape index (κ1) is 26.4. The summed E-state index contributed by atoms with van der Waals surface area (Å²) in [5, 5.41) is 7.78. The fraction of sp³-hybridized carbons (Fsp3) is 0.538. The number of piperazine rings is 1. The van der Waals surface area contributed by atoms with Crippen LogP contribution in [0.15, 0.2) is 41.8 Å². The summed E-state index contributed by atoms with van der Waals surface area (Å²) < 4.78 is 10.9. The first-order valence-corrected chi connectivity index (χ1v) is 13.5. The van der Waals surface area contributed by atoms with Crippen molar-refractivity contribution in [3.05, 3.63) is 46.7 Å². The van der Waals surface area contributed by atoms with Gasteiger partial charge in [0.25, 0.3) is 0 Å². The molecular formula is C26H37N5O4S. The molecule has 0 saturated carbocycles. The van der Waals surface area contributed by atoms with E-state index in [0.29, 0.717) is 26.3 Å². The Hall–Kier alpha value is -2.66. The molecule has 2 fully saturated rings. The number of carbonyl (C=O) groups is 2. The molecule has 0 radical (unpaired) electrons. The molecule has 2 saturated heterocycles. The number of ether oxygens (including phenoxy) is 2. The van der Waals surface area contributed by atoms with Crippen molar-refractivity contribution in [3.63, 3.8) is 0 Å². The molecule has 2 atom stereocenters. The highest BCUT2D eigenvalue weighted by molar-refractivity contribution is 7.10. The van der Waals surface area contributed by atoms with Crippen molar-refractivity contribution in [2.24, 2.45) is 0 Å². The van der Waals surface area contributed by atoms with Gasteiger partial charge in [0, 0.05) is 63.3 Å². The lowest BCUT2D eigenvalue weighted by atomic mass is 10.0. The van der Waals surface area contributed by atoms with Crippen LogP contribution in [0.5, 0.6) is 5.75 Å². The van der Waals surface area contributed by atoms with Crippen LogP contribution < -0.4 is 20.3 Å². The van der Waals surface area contributed by atoms with Gasteiger partial charge in [-0.3, -0.25) is 19.4 Å². The van der Waals surface area contributed by atoms with Crippen LogP contribution in [0.3, 0.4) is 0 Å². The van der Waals surface area contributed by atoms with E-state index in [2.05, 4.69) is 42.8 Å². The number of benzene rings is 1. The van der Waals surface area contributed by atoms with Gasteiger partial charge >= 0.3 is 11.8 Å². The Morgan fingerprint density at radius 2 is 1.78 bits per heavy atom. The number of carbonyl (C=O) groups excluding carboxylic acids is 2. The van der Waals surface area contributed by atoms with E-state index in [1.165, 1.54) is 4.88 Å². The molecule has 1 aromatic heterocycles. The minimum absolute atomic E-state index is 0.00470. The summed E-state index contributed by atoms with van der Waals surface area (Å²) in [7, 11) is 1.70. The van der Waals surface area contributed by atoms with Crippen LogP contribution in [-0.2, 0) is 14.3 Å². The predicted molar refractivity (Wildman–Crippen MR) is 142 cm³/mol. The Morgan fingerprint density at radius 3 is 2.47 bits per heavy atom. The lowest BCUT2D eigenvalue weighted by Crippen LogP contribution is -2.54. The molecule has 1 aromatic carbocycles. The molecule has 0 spiro atoms. The van der Waals surface area contributed by atoms with Gasteiger partial charge < -0.3 is 25.0 Å². The lowest BCUT2D eigenvalue weighted by Gasteiger charge is -2.42. The molecule has 0 aliphatic carbocycles. The van der Waals surface area contributed by atoms with Gasteiger partial charge in [-0.15, -0.1) is 11.3 Å². The number of amides is 2. The number of para-hydroxylation sites is 2. The fourth-order valence-corrected chi connectivity index (χ4v) is 5.88. The van der Waals surface area contributed by atoms with Gasteiger partial charge in [0.1, 0.15) is 5.75 Å². The van der Waals surface area contributed by atoms with E-state index in [0.717, 1.165) is 50.7 Å². The second-order valence-electron chi connectivity index (χ2n) is 9.13. The molecule has 0 unspecified atom stereocenters. The van der Waals surface area contributed by atoms with Crippen molar-refractivity contribution in [1.29, 1.82) is 0 Å². The van der Waals surface area contributed by atoms with Crippen LogP contribution in [0.2, 0.25) is 0 Å². The zero-order valence-corrected chi connectivity index (χ0v) is 22.0. The van der Waals surface area contributed by atoms with Gasteiger partial charge in [0.05, 0.1) is 32.1 Å². The monoisotopic (exact) mass is 515 g/mol. The van der Waals surface area contributed by atoms with Gasteiger partial charge in [-0.05, 0) is 30.5 Å². The van der Waals surface area contributed by atoms with Gasteiger partial charge in [0.2, 0.25) is 0 Å². The molecule has 2 amide bonds. The first-order valence-electron chi connectivity index (χ1n) is 12.6. The van der Waals surface area contributed by atoms with Crippen LogP contribution >= 0.6 is 11.3 Å². The maximum atomic E-state index is 12.7. The summed E-state index contributed by atoms with van der Waals surface area (Å²) in [5.41, 5.74) is 1.10. The number of nitrogens with zero attached hydrogens (tertiary/aromatic N) is 3. The number of morpholine rings is 1. The Bertz CT molecular complexity index is 974. The summed E-state index contributed by atoms with van der Waals surface area (Å²) in [6.45, 7) is 9.65. The van der Waals surface area contributed by atoms with E-state index in [9.17, 15) is 9.59 Å². The Morgan fingerprint density at radius 1 is 1.03 bits per heavy atom. The quantitative estimate of drug-likeness (QED) is 0.491. The van der Waals surface area contributed by atoms with Crippen molar-refractivity contribution >= 4 is 28.8 Å². The minimum Gasteiger partial charge on any atom is -0.495 e. The average Bonchev–Trinajstić information content (AvgIpc) is 3.44. The number of anilines is 1. The molecule has 3 heterocycles. The largest absolute Gasteiger partial charge is 0.495 e. The molecule has 2 N–H and O–H groups in total. The van der Waals surface area contributed by atoms with Gasteiger partial charge in [-0.1, -0.05) is 18.2 Å². The predicted octanol–water partition coefficient (Wildman–Crippen LogP) is 1.57. The number of methoxy groups -OCH3 is 1. The second-order valence-corrected chi connectivity index (χ2v) is 10.1. The average molecular weight is 516 g/mol. The minimum atomic E-state index is -0.585. The zero-order valence-electron chi connectivity index (χ0n) is 21.2. The third-order valence-corrected chi connectivity index (χ3v) is 7.77. The number of rotatable bonds is 9. The van der Waals surface area contributed by atoms with Gasteiger partial charge in [0.15, 0.2) is 0 Å². The smallest absolute Gasteiger partial charge is 0.309 e. The van der Waals surface area contributed by atoms with Crippen LogP contribution in [-0.4, -0.2) is 100 Å². The van der Waals surface area contributed by atoms with Crippen molar-refractivity contribution in [2.75, 3.05) is 77.6 Å². The lowest BCUT2D eigenvalue weighted by molar-refractivity contribution is -0.139. The zero-order chi connectivity index (χ0) is 25.3. The van der Waals surface area contributed by atoms with Crippen LogP contribution in [0.4, 0.5) is 5.69 Å². The number of nitrogens with one attached hydrogen (secondary N) is 2. The summed E-state index contributed by atoms with van der Waals surface area (Å²) in [5.74, 6) is -0.291. The van der Waals surface area contributed by atoms with Gasteiger partial charge in [-0.25, -0.2) is 0 Å². The van der Waals surface area contributed by atoms with Crippen molar-refractivity contribution in [3.8, 4) is 5.75 Å². The van der Waals surface area contributed by atoms with Crippen LogP contribution in [0, 0.1) is 0 Å². The standard InChI is InChI=1S/C26H37N5O4S/c1-20(28-26(33)25(32)27-9-10-29-15-17-35-18-16-29)24(23-8-5-19-36-23)31-13-11-30(12-14-31)21-6-3-4-7-22(21)34-2/h3-8,19-20,24H,9-18H2,1-2H3,(H,27,32)(H,28,33)/t20-,24+/m0/s1. The first-order chi connectivity index (χ1) is 17.6. The highest BCUT2D eigenvalue weighted by atomic mass is 32.1. The van der Waals surface area contributed by atoms with E-state index >= 15 is 0 Å². The van der Waals surface area contributed by atoms with Crippen LogP contribution in [0.25, 0.3) is 0 Å². The highest BCUT2D eigenvalue weighted by Crippen LogP contribution is 2.32. The molecule has 2 aliphatic rings. The highest BCUT2D eigenvalue weighted by Gasteiger charge is 2.32. The second kappa shape index (κ2) is 13.0. The maximum Gasteiger partial charge on any atom is 0.309 e. The molecule has 10 heteroatoms. The van der Waals surface area contributed by atoms with Crippen molar-refractivity contribution < 1.29 is 19.1 Å². The third kappa shape index (κ3) is 6.76. The molecule has 4 rings (SSSR count).